The first-order chi connectivity index (χ1) is 12.7. The molecule has 0 bridgehead atoms. The molecule has 0 heterocycles. The summed E-state index contributed by atoms with van der Waals surface area (Å²) in [4.78, 5) is 0. The minimum atomic E-state index is 0.229. The molecule has 0 saturated heterocycles. The Morgan fingerprint density at radius 3 is 1.00 bits per heavy atom. The van der Waals surface area contributed by atoms with Gasteiger partial charge in [-0.2, -0.15) is 0 Å². The standard InChI is InChI=1S/C25H36O2/c1-16(2)20-11-9-12-21(17(3)4)24(20)26-15-27-25-22(18(5)6)13-10-14-23(25)19(7)8/h9-14,16-19H,15H2,1-8H3. The number of ether oxygens (including phenoxy) is 2. The Balaban J connectivity index is 2.30. The quantitative estimate of drug-likeness (QED) is 0.447. The fourth-order valence-corrected chi connectivity index (χ4v) is 3.45. The zero-order valence-electron chi connectivity index (χ0n) is 18.3. The Bertz CT molecular complexity index is 626. The van der Waals surface area contributed by atoms with Gasteiger partial charge in [0.15, 0.2) is 0 Å². The van der Waals surface area contributed by atoms with E-state index in [0.29, 0.717) is 23.7 Å². The van der Waals surface area contributed by atoms with Gasteiger partial charge in [0.25, 0.3) is 0 Å². The fourth-order valence-electron chi connectivity index (χ4n) is 3.45. The molecule has 2 aromatic rings. The largest absolute Gasteiger partial charge is 0.457 e. The van der Waals surface area contributed by atoms with Crippen LogP contribution < -0.4 is 9.47 Å². The van der Waals surface area contributed by atoms with Crippen molar-refractivity contribution < 1.29 is 9.47 Å². The number of rotatable bonds is 8. The minimum Gasteiger partial charge on any atom is -0.457 e. The van der Waals surface area contributed by atoms with Crippen molar-refractivity contribution in [2.24, 2.45) is 0 Å². The minimum absolute atomic E-state index is 0.229. The summed E-state index contributed by atoms with van der Waals surface area (Å²) in [7, 11) is 0. The zero-order valence-corrected chi connectivity index (χ0v) is 18.3. The van der Waals surface area contributed by atoms with Gasteiger partial charge in [-0.15, -0.1) is 0 Å². The summed E-state index contributed by atoms with van der Waals surface area (Å²) in [5.41, 5.74) is 4.97. The highest BCUT2D eigenvalue weighted by atomic mass is 16.7. The molecular formula is C25H36O2. The molecule has 0 atom stereocenters. The number of para-hydroxylation sites is 2. The topological polar surface area (TPSA) is 18.5 Å². The van der Waals surface area contributed by atoms with E-state index in [2.05, 4.69) is 91.8 Å². The summed E-state index contributed by atoms with van der Waals surface area (Å²) in [6.45, 7) is 17.9. The lowest BCUT2D eigenvalue weighted by molar-refractivity contribution is 0.114. The van der Waals surface area contributed by atoms with Crippen LogP contribution in [0.4, 0.5) is 0 Å². The first kappa shape index (κ1) is 21.3. The van der Waals surface area contributed by atoms with E-state index in [1.165, 1.54) is 22.3 Å². The van der Waals surface area contributed by atoms with Crippen molar-refractivity contribution >= 4 is 0 Å². The van der Waals surface area contributed by atoms with Crippen LogP contribution in [0.3, 0.4) is 0 Å². The van der Waals surface area contributed by atoms with Crippen LogP contribution >= 0.6 is 0 Å². The van der Waals surface area contributed by atoms with Gasteiger partial charge in [0, 0.05) is 0 Å². The highest BCUT2D eigenvalue weighted by molar-refractivity contribution is 5.46. The van der Waals surface area contributed by atoms with Gasteiger partial charge in [0.2, 0.25) is 6.79 Å². The van der Waals surface area contributed by atoms with Crippen molar-refractivity contribution in [3.8, 4) is 11.5 Å². The molecule has 2 rings (SSSR count). The molecule has 0 unspecified atom stereocenters. The van der Waals surface area contributed by atoms with Crippen LogP contribution in [0.1, 0.15) is 101 Å². The predicted molar refractivity (Wildman–Crippen MR) is 115 cm³/mol. The van der Waals surface area contributed by atoms with Crippen molar-refractivity contribution in [3.63, 3.8) is 0 Å². The molecule has 0 aromatic heterocycles. The van der Waals surface area contributed by atoms with Crippen molar-refractivity contribution in [2.45, 2.75) is 79.1 Å². The molecule has 0 spiro atoms. The van der Waals surface area contributed by atoms with Gasteiger partial charge in [-0.25, -0.2) is 0 Å². The van der Waals surface area contributed by atoms with Crippen molar-refractivity contribution in [1.29, 1.82) is 0 Å². The molecule has 0 aliphatic heterocycles. The van der Waals surface area contributed by atoms with E-state index in [1.54, 1.807) is 0 Å². The molecule has 2 aromatic carbocycles. The van der Waals surface area contributed by atoms with E-state index in [9.17, 15) is 0 Å². The average molecular weight is 369 g/mol. The van der Waals surface area contributed by atoms with Crippen LogP contribution in [0.25, 0.3) is 0 Å². The summed E-state index contributed by atoms with van der Waals surface area (Å²) in [6, 6.07) is 12.9. The third-order valence-electron chi connectivity index (χ3n) is 5.05. The van der Waals surface area contributed by atoms with Gasteiger partial charge in [-0.05, 0) is 45.9 Å². The first-order valence-electron chi connectivity index (χ1n) is 10.2. The Hall–Kier alpha value is -1.96. The maximum atomic E-state index is 6.24. The molecule has 0 aliphatic rings. The fraction of sp³-hybridized carbons (Fsp3) is 0.520. The smallest absolute Gasteiger partial charge is 0.230 e. The molecule has 27 heavy (non-hydrogen) atoms. The highest BCUT2D eigenvalue weighted by Gasteiger charge is 2.18. The highest BCUT2D eigenvalue weighted by Crippen LogP contribution is 2.36. The third kappa shape index (κ3) is 5.06. The lowest BCUT2D eigenvalue weighted by Crippen LogP contribution is -2.13. The number of hydrogen-bond donors (Lipinski definition) is 0. The summed E-state index contributed by atoms with van der Waals surface area (Å²) in [6.07, 6.45) is 0. The normalized spacial score (nSPS) is 11.7. The molecule has 0 amide bonds. The summed E-state index contributed by atoms with van der Waals surface area (Å²) >= 11 is 0. The number of hydrogen-bond acceptors (Lipinski definition) is 2. The lowest BCUT2D eigenvalue weighted by atomic mass is 9.94. The summed E-state index contributed by atoms with van der Waals surface area (Å²) in [5.74, 6) is 3.60. The van der Waals surface area contributed by atoms with Crippen LogP contribution in [0.5, 0.6) is 11.5 Å². The monoisotopic (exact) mass is 368 g/mol. The SMILES string of the molecule is CC(C)c1cccc(C(C)C)c1OCOc1c(C(C)C)cccc1C(C)C. The summed E-state index contributed by atoms with van der Waals surface area (Å²) in [5, 5.41) is 0. The van der Waals surface area contributed by atoms with Crippen LogP contribution in [-0.4, -0.2) is 6.79 Å². The van der Waals surface area contributed by atoms with Crippen molar-refractivity contribution in [1.82, 2.24) is 0 Å². The van der Waals surface area contributed by atoms with Crippen molar-refractivity contribution in [2.75, 3.05) is 6.79 Å². The van der Waals surface area contributed by atoms with Gasteiger partial charge >= 0.3 is 0 Å². The first-order valence-corrected chi connectivity index (χ1v) is 10.2. The van der Waals surface area contributed by atoms with Crippen LogP contribution in [-0.2, 0) is 0 Å². The van der Waals surface area contributed by atoms with Gasteiger partial charge in [0.05, 0.1) is 0 Å². The Morgan fingerprint density at radius 2 is 0.778 bits per heavy atom. The van der Waals surface area contributed by atoms with E-state index in [-0.39, 0.29) is 6.79 Å². The van der Waals surface area contributed by atoms with Crippen molar-refractivity contribution in [3.05, 3.63) is 58.7 Å². The van der Waals surface area contributed by atoms with Gasteiger partial charge in [-0.1, -0.05) is 91.8 Å². The Labute approximate surface area is 165 Å². The second-order valence-electron chi connectivity index (χ2n) is 8.56. The van der Waals surface area contributed by atoms with Crippen LogP contribution in [0, 0.1) is 0 Å². The van der Waals surface area contributed by atoms with Gasteiger partial charge < -0.3 is 9.47 Å². The van der Waals surface area contributed by atoms with E-state index in [1.807, 2.05) is 0 Å². The Kier molecular flexibility index (Phi) is 7.35. The van der Waals surface area contributed by atoms with Crippen LogP contribution in [0.15, 0.2) is 36.4 Å². The molecule has 148 valence electrons. The molecular weight excluding hydrogens is 332 g/mol. The number of benzene rings is 2. The predicted octanol–water partition coefficient (Wildman–Crippen LogP) is 7.60. The molecule has 0 saturated carbocycles. The zero-order chi connectivity index (χ0) is 20.1. The second kappa shape index (κ2) is 9.30. The molecule has 0 fully saturated rings. The van der Waals surface area contributed by atoms with Gasteiger partial charge in [-0.3, -0.25) is 0 Å². The van der Waals surface area contributed by atoms with Gasteiger partial charge in [0.1, 0.15) is 11.5 Å². The summed E-state index contributed by atoms with van der Waals surface area (Å²) < 4.78 is 12.5. The van der Waals surface area contributed by atoms with E-state index < -0.39 is 0 Å². The Morgan fingerprint density at radius 1 is 0.519 bits per heavy atom. The van der Waals surface area contributed by atoms with Crippen LogP contribution in [0.2, 0.25) is 0 Å². The third-order valence-corrected chi connectivity index (χ3v) is 5.05. The molecule has 2 heteroatoms. The average Bonchev–Trinajstić information content (AvgIpc) is 2.61. The molecule has 0 aliphatic carbocycles. The maximum Gasteiger partial charge on any atom is 0.230 e. The molecule has 0 N–H and O–H groups in total. The van der Waals surface area contributed by atoms with E-state index in [4.69, 9.17) is 9.47 Å². The molecule has 2 nitrogen and oxygen atoms in total. The van der Waals surface area contributed by atoms with E-state index >= 15 is 0 Å². The maximum absolute atomic E-state index is 6.24. The second-order valence-corrected chi connectivity index (χ2v) is 8.56. The lowest BCUT2D eigenvalue weighted by Gasteiger charge is -2.23. The molecule has 0 radical (unpaired) electrons. The van der Waals surface area contributed by atoms with E-state index in [0.717, 1.165) is 11.5 Å².